The van der Waals surface area contributed by atoms with E-state index in [0.29, 0.717) is 11.7 Å². The van der Waals surface area contributed by atoms with Gasteiger partial charge in [-0.25, -0.2) is 0 Å². The molecule has 136 valence electrons. The number of ether oxygens (including phenoxy) is 2. The summed E-state index contributed by atoms with van der Waals surface area (Å²) >= 11 is 0. The van der Waals surface area contributed by atoms with E-state index < -0.39 is 11.5 Å². The molecule has 0 bridgehead atoms. The number of hydrogen-bond acceptors (Lipinski definition) is 4. The first kappa shape index (κ1) is 20.5. The first-order chi connectivity index (χ1) is 11.1. The van der Waals surface area contributed by atoms with Crippen LogP contribution < -0.4 is 0 Å². The molecule has 0 amide bonds. The lowest BCUT2D eigenvalue weighted by Crippen LogP contribution is -2.50. The van der Waals surface area contributed by atoms with Crippen LogP contribution >= 0.6 is 0 Å². The van der Waals surface area contributed by atoms with Crippen molar-refractivity contribution in [2.24, 2.45) is 16.7 Å². The molecular weight excluding hydrogens is 304 g/mol. The number of esters is 2. The topological polar surface area (TPSA) is 52.6 Å². The molecule has 0 aromatic rings. The van der Waals surface area contributed by atoms with Gasteiger partial charge in [0.05, 0.1) is 0 Å². The molecule has 0 radical (unpaired) electrons. The van der Waals surface area contributed by atoms with Crippen LogP contribution in [0.15, 0.2) is 24.0 Å². The van der Waals surface area contributed by atoms with E-state index in [1.54, 1.807) is 19.9 Å². The van der Waals surface area contributed by atoms with Crippen molar-refractivity contribution in [3.8, 4) is 0 Å². The van der Waals surface area contributed by atoms with Crippen molar-refractivity contribution in [1.82, 2.24) is 0 Å². The van der Waals surface area contributed by atoms with Crippen LogP contribution in [0, 0.1) is 16.7 Å². The number of allylic oxidation sites excluding steroid dienone is 2. The number of carbonyl (C=O) groups excluding carboxylic acids is 2. The first-order valence-corrected chi connectivity index (χ1v) is 8.87. The Kier molecular flexibility index (Phi) is 6.82. The summed E-state index contributed by atoms with van der Waals surface area (Å²) in [6.07, 6.45) is 6.58. The lowest BCUT2D eigenvalue weighted by atomic mass is 9.58. The Morgan fingerprint density at radius 1 is 1.17 bits per heavy atom. The zero-order valence-corrected chi connectivity index (χ0v) is 16.1. The summed E-state index contributed by atoms with van der Waals surface area (Å²) < 4.78 is 11.3. The lowest BCUT2D eigenvalue weighted by Gasteiger charge is -2.49. The van der Waals surface area contributed by atoms with Crippen molar-refractivity contribution in [2.75, 3.05) is 0 Å². The van der Waals surface area contributed by atoms with Gasteiger partial charge in [-0.3, -0.25) is 9.59 Å². The van der Waals surface area contributed by atoms with E-state index in [0.717, 1.165) is 6.42 Å². The molecule has 0 fully saturated rings. The highest BCUT2D eigenvalue weighted by atomic mass is 16.6. The zero-order chi connectivity index (χ0) is 18.5. The monoisotopic (exact) mass is 336 g/mol. The quantitative estimate of drug-likeness (QED) is 0.654. The third kappa shape index (κ3) is 4.49. The fourth-order valence-corrected chi connectivity index (χ4v) is 3.21. The molecular formula is C20H32O4. The Morgan fingerprint density at radius 2 is 1.75 bits per heavy atom. The van der Waals surface area contributed by atoms with Crippen LogP contribution in [0.2, 0.25) is 0 Å². The van der Waals surface area contributed by atoms with Gasteiger partial charge in [-0.15, -0.1) is 0 Å². The van der Waals surface area contributed by atoms with Gasteiger partial charge in [0.15, 0.2) is 6.10 Å². The SMILES string of the molecule is CCC(=O)OC1=CC=CC(CC(C)C)(C(C)(C)C)C1OC(=O)CC. The molecule has 4 heteroatoms. The molecule has 0 aromatic heterocycles. The van der Waals surface area contributed by atoms with E-state index >= 15 is 0 Å². The molecule has 0 aromatic carbocycles. The summed E-state index contributed by atoms with van der Waals surface area (Å²) in [5, 5.41) is 0. The Labute approximate surface area is 146 Å². The minimum atomic E-state index is -0.590. The van der Waals surface area contributed by atoms with Crippen molar-refractivity contribution >= 4 is 11.9 Å². The van der Waals surface area contributed by atoms with Crippen molar-refractivity contribution in [3.05, 3.63) is 24.0 Å². The van der Waals surface area contributed by atoms with Crippen LogP contribution in [0.3, 0.4) is 0 Å². The van der Waals surface area contributed by atoms with E-state index in [9.17, 15) is 9.59 Å². The highest BCUT2D eigenvalue weighted by Gasteiger charge is 2.52. The third-order valence-corrected chi connectivity index (χ3v) is 4.58. The molecule has 1 aliphatic carbocycles. The summed E-state index contributed by atoms with van der Waals surface area (Å²) in [5.74, 6) is 0.229. The highest BCUT2D eigenvalue weighted by molar-refractivity contribution is 5.72. The van der Waals surface area contributed by atoms with Gasteiger partial charge >= 0.3 is 11.9 Å². The molecule has 1 aliphatic rings. The molecule has 2 unspecified atom stereocenters. The number of rotatable bonds is 6. The van der Waals surface area contributed by atoms with Gasteiger partial charge in [0.25, 0.3) is 0 Å². The zero-order valence-electron chi connectivity index (χ0n) is 16.1. The minimum absolute atomic E-state index is 0.176. The van der Waals surface area contributed by atoms with Gasteiger partial charge in [-0.1, -0.05) is 60.6 Å². The largest absolute Gasteiger partial charge is 0.453 e. The molecule has 0 aliphatic heterocycles. The van der Waals surface area contributed by atoms with Crippen LogP contribution in [0.5, 0.6) is 0 Å². The van der Waals surface area contributed by atoms with Gasteiger partial charge in [-0.05, 0) is 23.8 Å². The summed E-state index contributed by atoms with van der Waals surface area (Å²) in [7, 11) is 0. The van der Waals surface area contributed by atoms with Crippen LogP contribution in [0.1, 0.15) is 67.7 Å². The van der Waals surface area contributed by atoms with Crippen molar-refractivity contribution in [2.45, 2.75) is 73.8 Å². The molecule has 4 nitrogen and oxygen atoms in total. The lowest BCUT2D eigenvalue weighted by molar-refractivity contribution is -0.164. The standard InChI is InChI=1S/C20H32O4/c1-8-16(21)23-15-11-10-12-20(13-14(3)4,19(5,6)7)18(15)24-17(22)9-2/h10-12,14,18H,8-9,13H2,1-7H3. The molecule has 0 heterocycles. The minimum Gasteiger partial charge on any atom is -0.453 e. The van der Waals surface area contributed by atoms with Crippen molar-refractivity contribution < 1.29 is 19.1 Å². The molecule has 0 saturated heterocycles. The van der Waals surface area contributed by atoms with E-state index in [-0.39, 0.29) is 30.2 Å². The number of carbonyl (C=O) groups is 2. The highest BCUT2D eigenvalue weighted by Crippen LogP contribution is 2.52. The van der Waals surface area contributed by atoms with Gasteiger partial charge < -0.3 is 9.47 Å². The maximum absolute atomic E-state index is 12.1. The predicted octanol–water partition coefficient (Wildman–Crippen LogP) is 4.79. The van der Waals surface area contributed by atoms with Gasteiger partial charge in [0.1, 0.15) is 5.76 Å². The van der Waals surface area contributed by atoms with Crippen molar-refractivity contribution in [1.29, 1.82) is 0 Å². The Hall–Kier alpha value is -1.58. The Balaban J connectivity index is 3.37. The smallest absolute Gasteiger partial charge is 0.310 e. The molecule has 2 atom stereocenters. The fourth-order valence-electron chi connectivity index (χ4n) is 3.21. The van der Waals surface area contributed by atoms with E-state index in [1.807, 2.05) is 6.08 Å². The van der Waals surface area contributed by atoms with Crippen LogP contribution in [0.4, 0.5) is 0 Å². The summed E-state index contributed by atoms with van der Waals surface area (Å²) in [6, 6.07) is 0. The molecule has 0 spiro atoms. The predicted molar refractivity (Wildman–Crippen MR) is 95.1 cm³/mol. The number of hydrogen-bond donors (Lipinski definition) is 0. The van der Waals surface area contributed by atoms with Gasteiger partial charge in [0, 0.05) is 18.3 Å². The average molecular weight is 336 g/mol. The van der Waals surface area contributed by atoms with Crippen LogP contribution in [0.25, 0.3) is 0 Å². The molecule has 0 saturated carbocycles. The maximum atomic E-state index is 12.1. The maximum Gasteiger partial charge on any atom is 0.310 e. The van der Waals surface area contributed by atoms with Crippen LogP contribution in [-0.2, 0) is 19.1 Å². The Bertz CT molecular complexity index is 522. The van der Waals surface area contributed by atoms with E-state index in [4.69, 9.17) is 9.47 Å². The molecule has 0 N–H and O–H groups in total. The second-order valence-electron chi connectivity index (χ2n) is 7.87. The summed E-state index contributed by atoms with van der Waals surface area (Å²) in [6.45, 7) is 14.2. The third-order valence-electron chi connectivity index (χ3n) is 4.58. The van der Waals surface area contributed by atoms with E-state index in [2.05, 4.69) is 40.7 Å². The first-order valence-electron chi connectivity index (χ1n) is 8.87. The average Bonchev–Trinajstić information content (AvgIpc) is 2.48. The Morgan fingerprint density at radius 3 is 2.21 bits per heavy atom. The second kappa shape index (κ2) is 8.00. The summed E-state index contributed by atoms with van der Waals surface area (Å²) in [5.41, 5.74) is -0.602. The van der Waals surface area contributed by atoms with Gasteiger partial charge in [0.2, 0.25) is 0 Å². The second-order valence-corrected chi connectivity index (χ2v) is 7.87. The fraction of sp³-hybridized carbons (Fsp3) is 0.700. The van der Waals surface area contributed by atoms with Crippen LogP contribution in [-0.4, -0.2) is 18.0 Å². The normalized spacial score (nSPS) is 23.8. The van der Waals surface area contributed by atoms with Crippen molar-refractivity contribution in [3.63, 3.8) is 0 Å². The summed E-state index contributed by atoms with van der Waals surface area (Å²) in [4.78, 5) is 23.9. The van der Waals surface area contributed by atoms with E-state index in [1.165, 1.54) is 0 Å². The molecule has 1 rings (SSSR count). The van der Waals surface area contributed by atoms with Gasteiger partial charge in [-0.2, -0.15) is 0 Å². The molecule has 24 heavy (non-hydrogen) atoms.